The Kier molecular flexibility index (Phi) is 4.32. The molecule has 100 valence electrons. The van der Waals surface area contributed by atoms with E-state index in [0.717, 1.165) is 11.1 Å². The molecule has 2 atom stereocenters. The molecular weight excluding hydrogens is 236 g/mol. The molecule has 0 heterocycles. The lowest BCUT2D eigenvalue weighted by Crippen LogP contribution is -2.54. The van der Waals surface area contributed by atoms with Gasteiger partial charge in [-0.2, -0.15) is 0 Å². The molecule has 2 aromatic rings. The van der Waals surface area contributed by atoms with Crippen LogP contribution in [-0.2, 0) is 6.42 Å². The Hall–Kier alpha value is -1.68. The zero-order chi connectivity index (χ0) is 13.7. The van der Waals surface area contributed by atoms with E-state index in [-0.39, 0.29) is 6.61 Å². The third kappa shape index (κ3) is 3.20. The quantitative estimate of drug-likeness (QED) is 0.761. The zero-order valence-corrected chi connectivity index (χ0v) is 10.9. The van der Waals surface area contributed by atoms with Crippen LogP contribution in [0.2, 0.25) is 0 Å². The summed E-state index contributed by atoms with van der Waals surface area (Å²) in [5, 5.41) is 9.67. The van der Waals surface area contributed by atoms with Crippen molar-refractivity contribution in [2.24, 2.45) is 11.5 Å². The molecule has 2 aromatic carbocycles. The van der Waals surface area contributed by atoms with Crippen molar-refractivity contribution in [3.63, 3.8) is 0 Å². The summed E-state index contributed by atoms with van der Waals surface area (Å²) < 4.78 is 0. The van der Waals surface area contributed by atoms with E-state index in [0.29, 0.717) is 6.42 Å². The molecule has 0 bridgehead atoms. The predicted molar refractivity (Wildman–Crippen MR) is 77.5 cm³/mol. The van der Waals surface area contributed by atoms with Gasteiger partial charge in [-0.15, -0.1) is 0 Å². The van der Waals surface area contributed by atoms with E-state index < -0.39 is 11.6 Å². The van der Waals surface area contributed by atoms with E-state index >= 15 is 0 Å². The van der Waals surface area contributed by atoms with Crippen molar-refractivity contribution in [3.8, 4) is 0 Å². The fraction of sp³-hybridized carbons (Fsp3) is 0.250. The van der Waals surface area contributed by atoms with Crippen molar-refractivity contribution in [2.45, 2.75) is 18.0 Å². The van der Waals surface area contributed by atoms with Crippen LogP contribution in [0.25, 0.3) is 0 Å². The van der Waals surface area contributed by atoms with E-state index in [1.807, 2.05) is 60.7 Å². The second kappa shape index (κ2) is 5.97. The summed E-state index contributed by atoms with van der Waals surface area (Å²) in [6.07, 6.45) is 0.542. The number of aliphatic hydroxyl groups is 1. The Morgan fingerprint density at radius 2 is 1.47 bits per heavy atom. The standard InChI is InChI=1S/C16H20N2O/c17-15(14-9-5-2-6-10-14)16(18,12-19)11-13-7-3-1-4-8-13/h1-10,15,19H,11-12,17-18H2/t15-,16+/m1/s1. The minimum absolute atomic E-state index is 0.155. The maximum absolute atomic E-state index is 9.67. The van der Waals surface area contributed by atoms with Crippen LogP contribution in [0.3, 0.4) is 0 Å². The zero-order valence-electron chi connectivity index (χ0n) is 10.9. The minimum Gasteiger partial charge on any atom is -0.394 e. The number of benzene rings is 2. The van der Waals surface area contributed by atoms with Crippen molar-refractivity contribution >= 4 is 0 Å². The fourth-order valence-corrected chi connectivity index (χ4v) is 2.23. The number of aliphatic hydroxyl groups excluding tert-OH is 1. The van der Waals surface area contributed by atoms with Crippen LogP contribution in [0.15, 0.2) is 60.7 Å². The number of hydrogen-bond acceptors (Lipinski definition) is 3. The highest BCUT2D eigenvalue weighted by molar-refractivity contribution is 5.26. The molecule has 0 spiro atoms. The molecule has 0 aromatic heterocycles. The van der Waals surface area contributed by atoms with E-state index in [1.54, 1.807) is 0 Å². The first-order valence-electron chi connectivity index (χ1n) is 6.40. The topological polar surface area (TPSA) is 72.3 Å². The van der Waals surface area contributed by atoms with E-state index in [4.69, 9.17) is 11.5 Å². The second-order valence-electron chi connectivity index (χ2n) is 4.94. The molecule has 3 heteroatoms. The van der Waals surface area contributed by atoms with Gasteiger partial charge in [0.2, 0.25) is 0 Å². The van der Waals surface area contributed by atoms with Crippen LogP contribution < -0.4 is 11.5 Å². The summed E-state index contributed by atoms with van der Waals surface area (Å²) in [7, 11) is 0. The van der Waals surface area contributed by atoms with Crippen LogP contribution in [0, 0.1) is 0 Å². The molecule has 0 saturated heterocycles. The molecule has 0 aliphatic heterocycles. The molecule has 0 amide bonds. The highest BCUT2D eigenvalue weighted by atomic mass is 16.3. The van der Waals surface area contributed by atoms with Crippen LogP contribution in [0.5, 0.6) is 0 Å². The van der Waals surface area contributed by atoms with Crippen LogP contribution >= 0.6 is 0 Å². The average Bonchev–Trinajstić information content (AvgIpc) is 2.48. The summed E-state index contributed by atoms with van der Waals surface area (Å²) in [6, 6.07) is 19.1. The molecular formula is C16H20N2O. The van der Waals surface area contributed by atoms with Gasteiger partial charge in [-0.1, -0.05) is 60.7 Å². The van der Waals surface area contributed by atoms with Crippen molar-refractivity contribution in [1.29, 1.82) is 0 Å². The Morgan fingerprint density at radius 1 is 0.947 bits per heavy atom. The van der Waals surface area contributed by atoms with Gasteiger partial charge in [0, 0.05) is 0 Å². The maximum Gasteiger partial charge on any atom is 0.0633 e. The van der Waals surface area contributed by atoms with Gasteiger partial charge < -0.3 is 16.6 Å². The Labute approximate surface area is 113 Å². The monoisotopic (exact) mass is 256 g/mol. The molecule has 0 aliphatic rings. The predicted octanol–water partition coefficient (Wildman–Crippen LogP) is 1.62. The van der Waals surface area contributed by atoms with Gasteiger partial charge in [-0.25, -0.2) is 0 Å². The average molecular weight is 256 g/mol. The second-order valence-corrected chi connectivity index (χ2v) is 4.94. The van der Waals surface area contributed by atoms with Crippen LogP contribution in [0.4, 0.5) is 0 Å². The summed E-state index contributed by atoms with van der Waals surface area (Å²) in [6.45, 7) is -0.155. The first kappa shape index (κ1) is 13.7. The summed E-state index contributed by atoms with van der Waals surface area (Å²) in [5.74, 6) is 0. The SMILES string of the molecule is N[C@H](c1ccccc1)[C@@](N)(CO)Cc1ccccc1. The van der Waals surface area contributed by atoms with Crippen molar-refractivity contribution in [1.82, 2.24) is 0 Å². The number of hydrogen-bond donors (Lipinski definition) is 3. The molecule has 0 radical (unpaired) electrons. The van der Waals surface area contributed by atoms with Gasteiger partial charge in [-0.3, -0.25) is 0 Å². The summed E-state index contributed by atoms with van der Waals surface area (Å²) in [5.41, 5.74) is 13.7. The summed E-state index contributed by atoms with van der Waals surface area (Å²) in [4.78, 5) is 0. The van der Waals surface area contributed by atoms with E-state index in [1.165, 1.54) is 0 Å². The number of nitrogens with two attached hydrogens (primary N) is 2. The molecule has 5 N–H and O–H groups in total. The van der Waals surface area contributed by atoms with Gasteiger partial charge in [-0.05, 0) is 17.5 Å². The van der Waals surface area contributed by atoms with E-state index in [9.17, 15) is 5.11 Å². The van der Waals surface area contributed by atoms with E-state index in [2.05, 4.69) is 0 Å². The molecule has 0 saturated carbocycles. The van der Waals surface area contributed by atoms with Gasteiger partial charge in [0.25, 0.3) is 0 Å². The third-order valence-corrected chi connectivity index (χ3v) is 3.45. The van der Waals surface area contributed by atoms with Crippen LogP contribution in [-0.4, -0.2) is 17.3 Å². The third-order valence-electron chi connectivity index (χ3n) is 3.45. The van der Waals surface area contributed by atoms with Gasteiger partial charge in [0.15, 0.2) is 0 Å². The Balaban J connectivity index is 2.22. The highest BCUT2D eigenvalue weighted by Crippen LogP contribution is 2.25. The fourth-order valence-electron chi connectivity index (χ4n) is 2.23. The number of rotatable bonds is 5. The first-order valence-corrected chi connectivity index (χ1v) is 6.40. The lowest BCUT2D eigenvalue weighted by molar-refractivity contribution is 0.170. The first-order chi connectivity index (χ1) is 9.15. The molecule has 0 unspecified atom stereocenters. The molecule has 3 nitrogen and oxygen atoms in total. The van der Waals surface area contributed by atoms with Crippen LogP contribution in [0.1, 0.15) is 17.2 Å². The molecule has 0 fully saturated rings. The molecule has 2 rings (SSSR count). The molecule has 0 aliphatic carbocycles. The smallest absolute Gasteiger partial charge is 0.0633 e. The normalized spacial score (nSPS) is 15.7. The maximum atomic E-state index is 9.67. The minimum atomic E-state index is -0.858. The van der Waals surface area contributed by atoms with Gasteiger partial charge in [0.1, 0.15) is 0 Å². The highest BCUT2D eigenvalue weighted by Gasteiger charge is 2.33. The van der Waals surface area contributed by atoms with Crippen molar-refractivity contribution in [3.05, 3.63) is 71.8 Å². The lowest BCUT2D eigenvalue weighted by atomic mass is 9.82. The van der Waals surface area contributed by atoms with Crippen molar-refractivity contribution < 1.29 is 5.11 Å². The molecule has 19 heavy (non-hydrogen) atoms. The Bertz CT molecular complexity index is 501. The largest absolute Gasteiger partial charge is 0.394 e. The van der Waals surface area contributed by atoms with Gasteiger partial charge >= 0.3 is 0 Å². The van der Waals surface area contributed by atoms with Crippen molar-refractivity contribution in [2.75, 3.05) is 6.61 Å². The van der Waals surface area contributed by atoms with Gasteiger partial charge in [0.05, 0.1) is 18.2 Å². The summed E-state index contributed by atoms with van der Waals surface area (Å²) >= 11 is 0. The Morgan fingerprint density at radius 3 is 2.00 bits per heavy atom. The lowest BCUT2D eigenvalue weighted by Gasteiger charge is -2.34.